The lowest BCUT2D eigenvalue weighted by atomic mass is 10.2. The van der Waals surface area contributed by atoms with Crippen molar-refractivity contribution in [2.45, 2.75) is 18.7 Å². The van der Waals surface area contributed by atoms with Gasteiger partial charge in [-0.25, -0.2) is 18.6 Å². The Hall–Kier alpha value is -4.58. The first kappa shape index (κ1) is 29.0. The number of sulfonamides is 1. The van der Waals surface area contributed by atoms with Crippen LogP contribution in [-0.2, 0) is 19.6 Å². The molecule has 0 aliphatic carbocycles. The monoisotopic (exact) mass is 555 g/mol. The molecule has 0 radical (unpaired) electrons. The van der Waals surface area contributed by atoms with Crippen molar-refractivity contribution in [2.75, 3.05) is 31.7 Å². The molecule has 0 heterocycles. The minimum absolute atomic E-state index is 0.0251. The van der Waals surface area contributed by atoms with E-state index >= 15 is 0 Å². The van der Waals surface area contributed by atoms with Crippen LogP contribution in [0.5, 0.6) is 17.2 Å². The maximum Gasteiger partial charge on any atom is 0.513 e. The first-order valence-corrected chi connectivity index (χ1v) is 13.2. The lowest BCUT2D eigenvalue weighted by Crippen LogP contribution is -2.39. The highest BCUT2D eigenvalue weighted by atomic mass is 32.2. The molecule has 0 saturated carbocycles. The van der Waals surface area contributed by atoms with Gasteiger partial charge in [-0.15, -0.1) is 0 Å². The molecule has 0 saturated heterocycles. The van der Waals surface area contributed by atoms with Gasteiger partial charge in [-0.3, -0.25) is 9.10 Å². The third kappa shape index (κ3) is 7.48. The maximum absolute atomic E-state index is 13.6. The predicted molar refractivity (Wildman–Crippen MR) is 145 cm³/mol. The number of benzene rings is 3. The summed E-state index contributed by atoms with van der Waals surface area (Å²) in [6.45, 7) is 3.37. The van der Waals surface area contributed by atoms with Crippen LogP contribution in [0.3, 0.4) is 0 Å². The van der Waals surface area contributed by atoms with E-state index in [2.05, 4.69) is 15.3 Å². The number of methoxy groups -OCH3 is 2. The van der Waals surface area contributed by atoms with E-state index in [9.17, 15) is 18.0 Å². The summed E-state index contributed by atoms with van der Waals surface area (Å²) in [6, 6.07) is 17.5. The van der Waals surface area contributed by atoms with Gasteiger partial charge >= 0.3 is 6.16 Å². The number of carbonyl (C=O) groups excluding carboxylic acids is 2. The fourth-order valence-corrected chi connectivity index (χ4v) is 4.83. The number of carbonyl (C=O) groups is 2. The molecule has 12 heteroatoms. The van der Waals surface area contributed by atoms with E-state index in [1.165, 1.54) is 44.7 Å². The van der Waals surface area contributed by atoms with Crippen molar-refractivity contribution in [1.29, 1.82) is 0 Å². The summed E-state index contributed by atoms with van der Waals surface area (Å²) < 4.78 is 48.5. The SMILES string of the molecule is CCOc1ccccc1N(CC(=O)N/N=C\c1ccc(OC(=O)OC)c(OC)c1)S(=O)(=O)c1ccc(C)cc1. The van der Waals surface area contributed by atoms with Crippen molar-refractivity contribution in [3.63, 3.8) is 0 Å². The van der Waals surface area contributed by atoms with Gasteiger partial charge in [0, 0.05) is 0 Å². The Balaban J connectivity index is 1.84. The normalized spacial score (nSPS) is 11.1. The van der Waals surface area contributed by atoms with Crippen molar-refractivity contribution in [3.05, 3.63) is 77.9 Å². The highest BCUT2D eigenvalue weighted by Crippen LogP contribution is 2.32. The molecule has 206 valence electrons. The average molecular weight is 556 g/mol. The number of hydrogen-bond acceptors (Lipinski definition) is 9. The number of hydrogen-bond donors (Lipinski definition) is 1. The van der Waals surface area contributed by atoms with Crippen LogP contribution in [0.15, 0.2) is 76.7 Å². The molecule has 3 aromatic rings. The summed E-state index contributed by atoms with van der Waals surface area (Å²) in [7, 11) is -1.56. The summed E-state index contributed by atoms with van der Waals surface area (Å²) in [5.41, 5.74) is 3.96. The molecule has 3 aromatic carbocycles. The second kappa shape index (κ2) is 13.3. The van der Waals surface area contributed by atoms with E-state index in [0.717, 1.165) is 9.87 Å². The van der Waals surface area contributed by atoms with Crippen molar-refractivity contribution in [2.24, 2.45) is 5.10 Å². The standard InChI is InChI=1S/C27H29N3O8S/c1-5-37-23-9-7-6-8-22(23)30(39(33,34)21-13-10-19(2)11-14-21)18-26(31)29-28-17-20-12-15-24(25(16-20)35-3)38-27(32)36-4/h6-17H,5,18H2,1-4H3,(H,29,31)/b28-17-. The molecule has 0 atom stereocenters. The second-order valence-electron chi connectivity index (χ2n) is 7.99. The Morgan fingerprint density at radius 2 is 1.69 bits per heavy atom. The van der Waals surface area contributed by atoms with E-state index in [-0.39, 0.29) is 22.1 Å². The molecule has 0 unspecified atom stereocenters. The van der Waals surface area contributed by atoms with E-state index < -0.39 is 28.6 Å². The van der Waals surface area contributed by atoms with Crippen LogP contribution in [0.4, 0.5) is 10.5 Å². The molecule has 11 nitrogen and oxygen atoms in total. The Bertz CT molecular complexity index is 1440. The Labute approximate surface area is 227 Å². The minimum atomic E-state index is -4.14. The van der Waals surface area contributed by atoms with Crippen LogP contribution in [0.2, 0.25) is 0 Å². The topological polar surface area (TPSA) is 133 Å². The first-order valence-electron chi connectivity index (χ1n) is 11.8. The molecule has 0 aliphatic rings. The van der Waals surface area contributed by atoms with E-state index in [4.69, 9.17) is 14.2 Å². The number of nitrogens with zero attached hydrogens (tertiary/aromatic N) is 2. The van der Waals surface area contributed by atoms with Gasteiger partial charge in [-0.05, 0) is 61.9 Å². The van der Waals surface area contributed by atoms with Crippen LogP contribution in [0, 0.1) is 6.92 Å². The zero-order chi connectivity index (χ0) is 28.4. The molecule has 0 fully saturated rings. The van der Waals surface area contributed by atoms with E-state index in [0.29, 0.717) is 17.9 Å². The van der Waals surface area contributed by atoms with Crippen molar-refractivity contribution in [1.82, 2.24) is 5.43 Å². The molecule has 1 N–H and O–H groups in total. The quantitative estimate of drug-likeness (QED) is 0.163. The first-order chi connectivity index (χ1) is 18.7. The van der Waals surface area contributed by atoms with Crippen LogP contribution in [0.1, 0.15) is 18.1 Å². The average Bonchev–Trinajstić information content (AvgIpc) is 2.93. The summed E-state index contributed by atoms with van der Waals surface area (Å²) >= 11 is 0. The molecule has 1 amide bonds. The number of hydrazone groups is 1. The lowest BCUT2D eigenvalue weighted by Gasteiger charge is -2.25. The fourth-order valence-electron chi connectivity index (χ4n) is 3.40. The zero-order valence-corrected chi connectivity index (χ0v) is 22.7. The Morgan fingerprint density at radius 1 is 0.974 bits per heavy atom. The van der Waals surface area contributed by atoms with Crippen LogP contribution < -0.4 is 23.9 Å². The summed E-state index contributed by atoms with van der Waals surface area (Å²) in [6.07, 6.45) is 0.424. The van der Waals surface area contributed by atoms with Gasteiger partial charge in [0.05, 0.1) is 37.6 Å². The number of amides is 1. The smallest absolute Gasteiger partial charge is 0.493 e. The van der Waals surface area contributed by atoms with Crippen molar-refractivity contribution in [3.8, 4) is 17.2 Å². The zero-order valence-electron chi connectivity index (χ0n) is 21.9. The highest BCUT2D eigenvalue weighted by Gasteiger charge is 2.29. The summed E-state index contributed by atoms with van der Waals surface area (Å²) in [4.78, 5) is 24.3. The van der Waals surface area contributed by atoms with Crippen molar-refractivity contribution < 1.29 is 37.0 Å². The predicted octanol–water partition coefficient (Wildman–Crippen LogP) is 3.89. The molecule has 39 heavy (non-hydrogen) atoms. The number of para-hydroxylation sites is 2. The Morgan fingerprint density at radius 3 is 2.36 bits per heavy atom. The van der Waals surface area contributed by atoms with Gasteiger partial charge in [0.15, 0.2) is 11.5 Å². The van der Waals surface area contributed by atoms with E-state index in [1.807, 2.05) is 6.92 Å². The van der Waals surface area contributed by atoms with Gasteiger partial charge < -0.3 is 18.9 Å². The summed E-state index contributed by atoms with van der Waals surface area (Å²) in [5.74, 6) is -0.00628. The summed E-state index contributed by atoms with van der Waals surface area (Å²) in [5, 5.41) is 3.93. The molecule has 0 spiro atoms. The largest absolute Gasteiger partial charge is 0.513 e. The Kier molecular flexibility index (Phi) is 9.87. The molecular weight excluding hydrogens is 526 g/mol. The van der Waals surface area contributed by atoms with Gasteiger partial charge in [-0.1, -0.05) is 29.8 Å². The number of ether oxygens (including phenoxy) is 4. The molecule has 3 rings (SSSR count). The fraction of sp³-hybridized carbons (Fsp3) is 0.222. The van der Waals surface area contributed by atoms with Gasteiger partial charge in [-0.2, -0.15) is 5.10 Å². The van der Waals surface area contributed by atoms with Crippen LogP contribution >= 0.6 is 0 Å². The number of anilines is 1. The maximum atomic E-state index is 13.6. The van der Waals surface area contributed by atoms with Gasteiger partial charge in [0.1, 0.15) is 12.3 Å². The van der Waals surface area contributed by atoms with Crippen LogP contribution in [-0.4, -0.2) is 54.1 Å². The van der Waals surface area contributed by atoms with Gasteiger partial charge in [0.25, 0.3) is 15.9 Å². The number of aryl methyl sites for hydroxylation is 1. The van der Waals surface area contributed by atoms with Gasteiger partial charge in [0.2, 0.25) is 0 Å². The molecule has 0 aromatic heterocycles. The third-order valence-corrected chi connectivity index (χ3v) is 7.05. The van der Waals surface area contributed by atoms with Crippen LogP contribution in [0.25, 0.3) is 0 Å². The number of nitrogens with one attached hydrogen (secondary N) is 1. The highest BCUT2D eigenvalue weighted by molar-refractivity contribution is 7.92. The third-order valence-electron chi connectivity index (χ3n) is 5.28. The lowest BCUT2D eigenvalue weighted by molar-refractivity contribution is -0.119. The minimum Gasteiger partial charge on any atom is -0.493 e. The van der Waals surface area contributed by atoms with E-state index in [1.54, 1.807) is 49.4 Å². The molecule has 0 aliphatic heterocycles. The number of rotatable bonds is 11. The second-order valence-corrected chi connectivity index (χ2v) is 9.85. The molecular formula is C27H29N3O8S. The molecule has 0 bridgehead atoms. The van der Waals surface area contributed by atoms with Crippen molar-refractivity contribution >= 4 is 34.0 Å².